The van der Waals surface area contributed by atoms with Crippen LogP contribution in [0.15, 0.2) is 29.2 Å². The van der Waals surface area contributed by atoms with Crippen LogP contribution in [0.25, 0.3) is 0 Å². The largest absolute Gasteiger partial charge is 0.481 e. The van der Waals surface area contributed by atoms with Gasteiger partial charge < -0.3 is 5.11 Å². The van der Waals surface area contributed by atoms with Crippen molar-refractivity contribution in [2.24, 2.45) is 0 Å². The molecule has 1 aromatic rings. The zero-order valence-electron chi connectivity index (χ0n) is 11.1. The molecule has 5 nitrogen and oxygen atoms in total. The van der Waals surface area contributed by atoms with E-state index in [9.17, 15) is 13.2 Å². The van der Waals surface area contributed by atoms with Crippen LogP contribution in [0.2, 0.25) is 0 Å². The summed E-state index contributed by atoms with van der Waals surface area (Å²) in [6.45, 7) is 3.47. The summed E-state index contributed by atoms with van der Waals surface area (Å²) in [6, 6.07) is 6.47. The number of carbonyl (C=O) groups is 1. The van der Waals surface area contributed by atoms with Gasteiger partial charge in [0.05, 0.1) is 4.90 Å². The molecule has 6 heteroatoms. The Bertz CT molecular complexity index is 539. The van der Waals surface area contributed by atoms with Crippen molar-refractivity contribution in [2.75, 3.05) is 0 Å². The van der Waals surface area contributed by atoms with Gasteiger partial charge in [0.15, 0.2) is 0 Å². The van der Waals surface area contributed by atoms with E-state index in [4.69, 9.17) is 5.11 Å². The lowest BCUT2D eigenvalue weighted by Crippen LogP contribution is -2.33. The normalized spacial score (nSPS) is 13.2. The van der Waals surface area contributed by atoms with Crippen LogP contribution in [0.5, 0.6) is 0 Å². The van der Waals surface area contributed by atoms with E-state index in [0.717, 1.165) is 0 Å². The lowest BCUT2D eigenvalue weighted by atomic mass is 10.1. The highest BCUT2D eigenvalue weighted by Gasteiger charge is 2.18. The molecule has 0 aromatic heterocycles. The molecule has 0 bridgehead atoms. The third-order valence-electron chi connectivity index (χ3n) is 2.77. The molecule has 106 valence electrons. The molecule has 0 aliphatic heterocycles. The molecule has 19 heavy (non-hydrogen) atoms. The molecule has 1 rings (SSSR count). The molecule has 0 saturated heterocycles. The van der Waals surface area contributed by atoms with E-state index in [2.05, 4.69) is 4.72 Å². The van der Waals surface area contributed by atoms with Crippen molar-refractivity contribution in [3.63, 3.8) is 0 Å². The van der Waals surface area contributed by atoms with Crippen molar-refractivity contribution >= 4 is 16.0 Å². The minimum Gasteiger partial charge on any atom is -0.481 e. The van der Waals surface area contributed by atoms with Crippen molar-refractivity contribution in [3.8, 4) is 0 Å². The van der Waals surface area contributed by atoms with Gasteiger partial charge in [0.2, 0.25) is 10.0 Å². The van der Waals surface area contributed by atoms with Crippen LogP contribution in [-0.2, 0) is 14.8 Å². The number of hydrogen-bond donors (Lipinski definition) is 2. The molecule has 0 radical (unpaired) electrons. The number of aryl methyl sites for hydroxylation is 1. The first-order valence-electron chi connectivity index (χ1n) is 6.12. The standard InChI is InChI=1S/C13H19NO4S/c1-10-6-3-4-8-12(10)19(17,18)14-11(2)7-5-9-13(15)16/h3-4,6,8,11,14H,5,7,9H2,1-2H3,(H,15,16). The highest BCUT2D eigenvalue weighted by molar-refractivity contribution is 7.89. The summed E-state index contributed by atoms with van der Waals surface area (Å²) in [5.41, 5.74) is 0.688. The van der Waals surface area contributed by atoms with Crippen LogP contribution in [0.3, 0.4) is 0 Å². The second-order valence-electron chi connectivity index (χ2n) is 4.57. The molecule has 1 aromatic carbocycles. The molecule has 1 atom stereocenters. The Morgan fingerprint density at radius 1 is 1.37 bits per heavy atom. The molecule has 0 spiro atoms. The summed E-state index contributed by atoms with van der Waals surface area (Å²) >= 11 is 0. The van der Waals surface area contributed by atoms with Crippen LogP contribution < -0.4 is 4.72 Å². The molecule has 2 N–H and O–H groups in total. The number of sulfonamides is 1. The van der Waals surface area contributed by atoms with Crippen molar-refractivity contribution in [1.82, 2.24) is 4.72 Å². The Morgan fingerprint density at radius 3 is 2.58 bits per heavy atom. The summed E-state index contributed by atoms with van der Waals surface area (Å²) in [7, 11) is -3.54. The van der Waals surface area contributed by atoms with Gasteiger partial charge in [-0.2, -0.15) is 0 Å². The van der Waals surface area contributed by atoms with Gasteiger partial charge in [-0.3, -0.25) is 4.79 Å². The Labute approximate surface area is 113 Å². The maximum atomic E-state index is 12.1. The topological polar surface area (TPSA) is 83.5 Å². The number of carboxylic acid groups (broad SMARTS) is 1. The number of carboxylic acids is 1. The minimum absolute atomic E-state index is 0.0520. The molecular weight excluding hydrogens is 266 g/mol. The van der Waals surface area contributed by atoms with E-state index in [-0.39, 0.29) is 17.4 Å². The monoisotopic (exact) mass is 285 g/mol. The highest BCUT2D eigenvalue weighted by atomic mass is 32.2. The average Bonchev–Trinajstić information content (AvgIpc) is 2.27. The third kappa shape index (κ3) is 5.00. The van der Waals surface area contributed by atoms with E-state index in [1.54, 1.807) is 38.1 Å². The predicted octanol–water partition coefficient (Wildman–Crippen LogP) is 1.92. The second-order valence-corrected chi connectivity index (χ2v) is 6.26. The van der Waals surface area contributed by atoms with Gasteiger partial charge in [0, 0.05) is 12.5 Å². The number of hydrogen-bond acceptors (Lipinski definition) is 3. The van der Waals surface area contributed by atoms with E-state index >= 15 is 0 Å². The van der Waals surface area contributed by atoms with Crippen molar-refractivity contribution in [1.29, 1.82) is 0 Å². The third-order valence-corrected chi connectivity index (χ3v) is 4.52. The van der Waals surface area contributed by atoms with Gasteiger partial charge in [0.1, 0.15) is 0 Å². The van der Waals surface area contributed by atoms with Gasteiger partial charge >= 0.3 is 5.97 Å². The van der Waals surface area contributed by atoms with Crippen LogP contribution in [0.4, 0.5) is 0 Å². The number of rotatable bonds is 7. The Hall–Kier alpha value is -1.40. The van der Waals surface area contributed by atoms with E-state index in [1.807, 2.05) is 0 Å². The summed E-state index contributed by atoms with van der Waals surface area (Å²) in [4.78, 5) is 10.7. The maximum absolute atomic E-state index is 12.1. The van der Waals surface area contributed by atoms with Gasteiger partial charge in [-0.15, -0.1) is 0 Å². The van der Waals surface area contributed by atoms with Crippen LogP contribution in [-0.4, -0.2) is 25.5 Å². The predicted molar refractivity (Wildman–Crippen MR) is 72.4 cm³/mol. The molecule has 0 fully saturated rings. The molecule has 0 aliphatic carbocycles. The fourth-order valence-corrected chi connectivity index (χ4v) is 3.33. The summed E-state index contributed by atoms with van der Waals surface area (Å²) < 4.78 is 26.8. The van der Waals surface area contributed by atoms with Crippen molar-refractivity contribution in [3.05, 3.63) is 29.8 Å². The first-order valence-corrected chi connectivity index (χ1v) is 7.61. The van der Waals surface area contributed by atoms with Crippen LogP contribution in [0.1, 0.15) is 31.7 Å². The minimum atomic E-state index is -3.54. The van der Waals surface area contributed by atoms with Gasteiger partial charge in [0.25, 0.3) is 0 Å². The fraction of sp³-hybridized carbons (Fsp3) is 0.462. The SMILES string of the molecule is Cc1ccccc1S(=O)(=O)NC(C)CCCC(=O)O. The fourth-order valence-electron chi connectivity index (χ4n) is 1.80. The molecule has 0 heterocycles. The molecule has 0 amide bonds. The quantitative estimate of drug-likeness (QED) is 0.801. The number of nitrogens with one attached hydrogen (secondary N) is 1. The number of aliphatic carboxylic acids is 1. The average molecular weight is 285 g/mol. The van der Waals surface area contributed by atoms with E-state index in [0.29, 0.717) is 18.4 Å². The van der Waals surface area contributed by atoms with Gasteiger partial charge in [-0.1, -0.05) is 18.2 Å². The summed E-state index contributed by atoms with van der Waals surface area (Å²) in [5.74, 6) is -0.867. The van der Waals surface area contributed by atoms with E-state index < -0.39 is 16.0 Å². The zero-order valence-corrected chi connectivity index (χ0v) is 11.9. The van der Waals surface area contributed by atoms with Crippen LogP contribution in [0, 0.1) is 6.92 Å². The summed E-state index contributed by atoms with van der Waals surface area (Å²) in [5, 5.41) is 8.53. The Balaban J connectivity index is 2.65. The Morgan fingerprint density at radius 2 is 2.00 bits per heavy atom. The maximum Gasteiger partial charge on any atom is 0.303 e. The van der Waals surface area contributed by atoms with Crippen molar-refractivity contribution < 1.29 is 18.3 Å². The van der Waals surface area contributed by atoms with Crippen molar-refractivity contribution in [2.45, 2.75) is 44.0 Å². The lowest BCUT2D eigenvalue weighted by Gasteiger charge is -2.14. The van der Waals surface area contributed by atoms with Gasteiger partial charge in [-0.25, -0.2) is 13.1 Å². The first-order chi connectivity index (χ1) is 8.83. The molecule has 1 unspecified atom stereocenters. The number of benzene rings is 1. The Kier molecular flexibility index (Phi) is 5.50. The smallest absolute Gasteiger partial charge is 0.303 e. The lowest BCUT2D eigenvalue weighted by molar-refractivity contribution is -0.137. The van der Waals surface area contributed by atoms with E-state index in [1.165, 1.54) is 0 Å². The molecule has 0 aliphatic rings. The van der Waals surface area contributed by atoms with Gasteiger partial charge in [-0.05, 0) is 38.3 Å². The van der Waals surface area contributed by atoms with Crippen LogP contribution >= 0.6 is 0 Å². The summed E-state index contributed by atoms with van der Waals surface area (Å²) in [6.07, 6.45) is 1.00. The zero-order chi connectivity index (χ0) is 14.5. The highest BCUT2D eigenvalue weighted by Crippen LogP contribution is 2.15. The molecule has 0 saturated carbocycles. The second kappa shape index (κ2) is 6.68. The first kappa shape index (κ1) is 15.7. The molecular formula is C13H19NO4S.